The molecule has 0 amide bonds. The highest BCUT2D eigenvalue weighted by atomic mass is 35.5. The first-order valence-corrected chi connectivity index (χ1v) is 3.63. The molecule has 2 heteroatoms. The normalized spacial score (nSPS) is 16.8. The van der Waals surface area contributed by atoms with Crippen molar-refractivity contribution >= 4 is 17.9 Å². The monoisotopic (exact) mass is 148 g/mol. The van der Waals surface area contributed by atoms with Gasteiger partial charge in [0, 0.05) is 11.3 Å². The molecule has 0 rings (SSSR count). The van der Waals surface area contributed by atoms with Crippen molar-refractivity contribution in [2.75, 3.05) is 0 Å². The van der Waals surface area contributed by atoms with Crippen molar-refractivity contribution in [3.63, 3.8) is 0 Å². The van der Waals surface area contributed by atoms with Crippen LogP contribution < -0.4 is 0 Å². The van der Waals surface area contributed by atoms with Gasteiger partial charge < -0.3 is 4.79 Å². The summed E-state index contributed by atoms with van der Waals surface area (Å²) in [6.07, 6.45) is 3.28. The Hall–Kier alpha value is -0.0400. The number of carbonyl (C=O) groups excluding carboxylic acids is 1. The average Bonchev–Trinajstić information content (AvgIpc) is 1.64. The highest BCUT2D eigenvalue weighted by Crippen LogP contribution is 2.23. The van der Waals surface area contributed by atoms with Crippen molar-refractivity contribution in [1.82, 2.24) is 0 Å². The van der Waals surface area contributed by atoms with E-state index in [9.17, 15) is 4.79 Å². The first kappa shape index (κ1) is 8.96. The van der Waals surface area contributed by atoms with Crippen molar-refractivity contribution in [3.8, 4) is 0 Å². The molecule has 54 valence electrons. The predicted octanol–water partition coefficient (Wildman–Crippen LogP) is 2.37. The molecule has 0 aliphatic heterocycles. The second kappa shape index (κ2) is 3.89. The zero-order chi connectivity index (χ0) is 7.33. The van der Waals surface area contributed by atoms with Gasteiger partial charge in [0.15, 0.2) is 0 Å². The minimum atomic E-state index is -0.295. The Balaban J connectivity index is 3.55. The fourth-order valence-corrected chi connectivity index (χ4v) is 1.05. The minimum absolute atomic E-state index is 0.295. The van der Waals surface area contributed by atoms with Gasteiger partial charge in [0.05, 0.1) is 0 Å². The molecule has 0 aliphatic rings. The summed E-state index contributed by atoms with van der Waals surface area (Å²) in [4.78, 5) is 9.72. The maximum atomic E-state index is 10.0. The van der Waals surface area contributed by atoms with E-state index in [0.29, 0.717) is 6.42 Å². The number of rotatable bonds is 4. The van der Waals surface area contributed by atoms with Crippen LogP contribution in [-0.4, -0.2) is 11.2 Å². The lowest BCUT2D eigenvalue weighted by Crippen LogP contribution is -2.15. The zero-order valence-corrected chi connectivity index (χ0v) is 6.74. The van der Waals surface area contributed by atoms with Gasteiger partial charge in [-0.2, -0.15) is 0 Å². The fourth-order valence-electron chi connectivity index (χ4n) is 0.797. The van der Waals surface area contributed by atoms with Crippen molar-refractivity contribution in [1.29, 1.82) is 0 Å². The van der Waals surface area contributed by atoms with Crippen LogP contribution in [0.3, 0.4) is 0 Å². The van der Waals surface area contributed by atoms with E-state index in [1.54, 1.807) is 0 Å². The van der Waals surface area contributed by atoms with Crippen LogP contribution in [0.2, 0.25) is 0 Å². The molecule has 1 nitrogen and oxygen atoms in total. The van der Waals surface area contributed by atoms with E-state index in [0.717, 1.165) is 19.1 Å². The number of alkyl halides is 1. The smallest absolute Gasteiger partial charge is 0.121 e. The Morgan fingerprint density at radius 2 is 2.22 bits per heavy atom. The molecule has 0 bridgehead atoms. The Labute approximate surface area is 61.4 Å². The number of hydrogen-bond acceptors (Lipinski definition) is 1. The van der Waals surface area contributed by atoms with Crippen LogP contribution in [0.15, 0.2) is 0 Å². The summed E-state index contributed by atoms with van der Waals surface area (Å²) in [5.41, 5.74) is 0. The number of carbonyl (C=O) groups is 1. The Kier molecular flexibility index (Phi) is 3.87. The molecule has 0 saturated carbocycles. The molecule has 0 N–H and O–H groups in total. The van der Waals surface area contributed by atoms with E-state index in [1.807, 2.05) is 6.92 Å². The molecule has 0 aromatic heterocycles. The Bertz CT molecular complexity index is 88.9. The summed E-state index contributed by atoms with van der Waals surface area (Å²) in [5.74, 6) is 0. The van der Waals surface area contributed by atoms with Crippen molar-refractivity contribution in [2.45, 2.75) is 38.0 Å². The first-order chi connectivity index (χ1) is 4.12. The van der Waals surface area contributed by atoms with Crippen LogP contribution in [-0.2, 0) is 4.79 Å². The van der Waals surface area contributed by atoms with E-state index in [-0.39, 0.29) is 4.87 Å². The highest BCUT2D eigenvalue weighted by molar-refractivity contribution is 6.24. The lowest BCUT2D eigenvalue weighted by atomic mass is 10.0. The molecule has 1 unspecified atom stereocenters. The summed E-state index contributed by atoms with van der Waals surface area (Å²) in [6, 6.07) is 0. The first-order valence-electron chi connectivity index (χ1n) is 3.25. The van der Waals surface area contributed by atoms with Gasteiger partial charge in [-0.15, -0.1) is 11.6 Å². The van der Waals surface area contributed by atoms with Crippen LogP contribution in [0.5, 0.6) is 0 Å². The molecule has 9 heavy (non-hydrogen) atoms. The Morgan fingerprint density at radius 1 is 1.67 bits per heavy atom. The van der Waals surface area contributed by atoms with Gasteiger partial charge >= 0.3 is 0 Å². The maximum Gasteiger partial charge on any atom is 0.121 e. The van der Waals surface area contributed by atoms with Gasteiger partial charge in [-0.05, 0) is 13.3 Å². The van der Waals surface area contributed by atoms with E-state index in [4.69, 9.17) is 11.6 Å². The standard InChI is InChI=1S/C7H13ClO/c1-3-4-7(2,8)5-6-9/h6H,3-5H2,1-2H3. The molecule has 0 radical (unpaired) electrons. The van der Waals surface area contributed by atoms with Crippen molar-refractivity contribution in [2.24, 2.45) is 0 Å². The van der Waals surface area contributed by atoms with Gasteiger partial charge in [0.25, 0.3) is 0 Å². The van der Waals surface area contributed by atoms with Crippen molar-refractivity contribution in [3.05, 3.63) is 0 Å². The molecule has 0 saturated heterocycles. The van der Waals surface area contributed by atoms with Gasteiger partial charge in [0.2, 0.25) is 0 Å². The molecular formula is C7H13ClO. The Morgan fingerprint density at radius 3 is 2.56 bits per heavy atom. The summed E-state index contributed by atoms with van der Waals surface area (Å²) in [6.45, 7) is 3.96. The van der Waals surface area contributed by atoms with Gasteiger partial charge in [-0.25, -0.2) is 0 Å². The molecule has 0 aromatic rings. The lowest BCUT2D eigenvalue weighted by molar-refractivity contribution is -0.108. The quantitative estimate of drug-likeness (QED) is 0.442. The van der Waals surface area contributed by atoms with Crippen LogP contribution in [0.25, 0.3) is 0 Å². The third kappa shape index (κ3) is 4.46. The fraction of sp³-hybridized carbons (Fsp3) is 0.857. The van der Waals surface area contributed by atoms with E-state index < -0.39 is 0 Å². The van der Waals surface area contributed by atoms with Crippen LogP contribution in [0, 0.1) is 0 Å². The van der Waals surface area contributed by atoms with E-state index in [2.05, 4.69) is 6.92 Å². The topological polar surface area (TPSA) is 17.1 Å². The largest absolute Gasteiger partial charge is 0.303 e. The van der Waals surface area contributed by atoms with E-state index in [1.165, 1.54) is 0 Å². The van der Waals surface area contributed by atoms with Gasteiger partial charge in [-0.3, -0.25) is 0 Å². The number of hydrogen-bond donors (Lipinski definition) is 0. The third-order valence-corrected chi connectivity index (χ3v) is 1.62. The molecular weight excluding hydrogens is 136 g/mol. The second-order valence-electron chi connectivity index (χ2n) is 2.53. The molecule has 0 aliphatic carbocycles. The van der Waals surface area contributed by atoms with Crippen LogP contribution in [0.1, 0.15) is 33.1 Å². The van der Waals surface area contributed by atoms with Crippen LogP contribution in [0.4, 0.5) is 0 Å². The molecule has 0 heterocycles. The summed E-state index contributed by atoms with van der Waals surface area (Å²) < 4.78 is 0. The summed E-state index contributed by atoms with van der Waals surface area (Å²) in [7, 11) is 0. The highest BCUT2D eigenvalue weighted by Gasteiger charge is 2.17. The third-order valence-electron chi connectivity index (χ3n) is 1.28. The molecule has 0 spiro atoms. The minimum Gasteiger partial charge on any atom is -0.303 e. The number of aldehydes is 1. The molecule has 0 aromatic carbocycles. The second-order valence-corrected chi connectivity index (χ2v) is 3.45. The van der Waals surface area contributed by atoms with E-state index >= 15 is 0 Å². The van der Waals surface area contributed by atoms with Crippen LogP contribution >= 0.6 is 11.6 Å². The summed E-state index contributed by atoms with van der Waals surface area (Å²) >= 11 is 5.91. The predicted molar refractivity (Wildman–Crippen MR) is 39.8 cm³/mol. The summed E-state index contributed by atoms with van der Waals surface area (Å²) in [5, 5.41) is 0. The molecule has 0 fully saturated rings. The van der Waals surface area contributed by atoms with Gasteiger partial charge in [0.1, 0.15) is 6.29 Å². The lowest BCUT2D eigenvalue weighted by Gasteiger charge is -2.16. The average molecular weight is 149 g/mol. The zero-order valence-electron chi connectivity index (χ0n) is 5.98. The van der Waals surface area contributed by atoms with Gasteiger partial charge in [-0.1, -0.05) is 13.3 Å². The SMILES string of the molecule is CCCC(C)(Cl)CC=O. The van der Waals surface area contributed by atoms with Crippen molar-refractivity contribution < 1.29 is 4.79 Å². The number of halogens is 1. The molecule has 1 atom stereocenters. The maximum absolute atomic E-state index is 10.0.